The van der Waals surface area contributed by atoms with Crippen LogP contribution in [0.25, 0.3) is 0 Å². The molecule has 2 nitrogen and oxygen atoms in total. The molecule has 2 aliphatic rings. The third-order valence-corrected chi connectivity index (χ3v) is 41.1. The molecule has 204 valence electrons. The van der Waals surface area contributed by atoms with Crippen molar-refractivity contribution in [2.24, 2.45) is 27.6 Å². The topological polar surface area (TPSA) is 26.3 Å². The van der Waals surface area contributed by atoms with E-state index in [1.165, 1.54) is 31.5 Å². The van der Waals surface area contributed by atoms with Gasteiger partial charge in [-0.3, -0.25) is 0 Å². The van der Waals surface area contributed by atoms with Crippen LogP contribution in [-0.2, 0) is 8.56 Å². The first-order chi connectivity index (χ1) is 16.0. The van der Waals surface area contributed by atoms with Crippen molar-refractivity contribution in [3.63, 3.8) is 0 Å². The Balaban J connectivity index is 3.20. The third kappa shape index (κ3) is 4.27. The van der Waals surface area contributed by atoms with Gasteiger partial charge in [0.25, 0.3) is 0 Å². The van der Waals surface area contributed by atoms with Crippen LogP contribution in [0, 0.1) is 27.6 Å². The normalized spacial score (nSPS) is 28.7. The molecule has 1 saturated carbocycles. The van der Waals surface area contributed by atoms with Gasteiger partial charge in [-0.2, -0.15) is 0 Å². The molecule has 1 fully saturated rings. The van der Waals surface area contributed by atoms with Crippen LogP contribution in [0.4, 0.5) is 0 Å². The van der Waals surface area contributed by atoms with Crippen molar-refractivity contribution in [2.75, 3.05) is 0 Å². The standard InChI is InChI=1S/C30H60Ge3O2/c1-15-32(16-2,17-3)24-23-21-22-29(26(34)35-31(13)14,25(24)33(18-4,19-5)20-6)30(23,27(7,8)9)28(10,11)12/h21-25,31H,15-20H2,1-14H3. The first-order valence-corrected chi connectivity index (χ1v) is 32.1. The minimum absolute atomic E-state index is 0.00181. The maximum absolute atomic E-state index is 14.9. The molecule has 0 amide bonds. The van der Waals surface area contributed by atoms with E-state index in [1.807, 2.05) is 0 Å². The number of carbonyl (C=O) groups excluding carboxylic acids is 1. The fourth-order valence-corrected chi connectivity index (χ4v) is 41.0. The molecular formula is C30H60Ge3O2. The number of allylic oxidation sites excluding steroid dienone is 1. The van der Waals surface area contributed by atoms with E-state index in [4.69, 9.17) is 3.76 Å². The van der Waals surface area contributed by atoms with Crippen LogP contribution in [-0.4, -0.2) is 47.2 Å². The molecule has 4 atom stereocenters. The van der Waals surface area contributed by atoms with Crippen LogP contribution < -0.4 is 0 Å². The van der Waals surface area contributed by atoms with Gasteiger partial charge in [-0.25, -0.2) is 0 Å². The molecule has 0 aromatic heterocycles. The average molecular weight is 671 g/mol. The number of fused-ring (bicyclic) bond motifs is 2. The van der Waals surface area contributed by atoms with Gasteiger partial charge in [0.1, 0.15) is 0 Å². The molecule has 5 heteroatoms. The second-order valence-corrected chi connectivity index (χ2v) is 42.3. The predicted molar refractivity (Wildman–Crippen MR) is 163 cm³/mol. The molecule has 0 spiro atoms. The fourth-order valence-electron chi connectivity index (χ4n) is 10.5. The molecule has 0 saturated heterocycles. The second-order valence-electron chi connectivity index (χ2n) is 14.4. The molecular weight excluding hydrogens is 610 g/mol. The second kappa shape index (κ2) is 10.8. The summed E-state index contributed by atoms with van der Waals surface area (Å²) in [6.07, 6.45) is 5.10. The zero-order valence-electron chi connectivity index (χ0n) is 26.0. The van der Waals surface area contributed by atoms with E-state index in [9.17, 15) is 4.79 Å². The summed E-state index contributed by atoms with van der Waals surface area (Å²) in [6, 6.07) is 0. The van der Waals surface area contributed by atoms with Gasteiger partial charge in [0.2, 0.25) is 0 Å². The van der Waals surface area contributed by atoms with Crippen molar-refractivity contribution in [1.29, 1.82) is 0 Å². The van der Waals surface area contributed by atoms with E-state index in [0.29, 0.717) is 10.7 Å². The number of hydrogen-bond donors (Lipinski definition) is 0. The summed E-state index contributed by atoms with van der Waals surface area (Å²) < 4.78 is 7.90. The predicted octanol–water partition coefficient (Wildman–Crippen LogP) is 9.54. The Kier molecular flexibility index (Phi) is 9.87. The third-order valence-electron chi connectivity index (χ3n) is 11.6. The fraction of sp³-hybridized carbons (Fsp3) is 0.900. The van der Waals surface area contributed by atoms with Gasteiger partial charge in [-0.15, -0.1) is 0 Å². The van der Waals surface area contributed by atoms with E-state index < -0.39 is 46.6 Å². The van der Waals surface area contributed by atoms with Crippen molar-refractivity contribution in [1.82, 2.24) is 0 Å². The van der Waals surface area contributed by atoms with Gasteiger partial charge in [-0.1, -0.05) is 0 Å². The summed E-state index contributed by atoms with van der Waals surface area (Å²) in [6.45, 7) is 29.8. The molecule has 0 N–H and O–H groups in total. The Labute approximate surface area is 229 Å². The summed E-state index contributed by atoms with van der Waals surface area (Å²) in [5.74, 6) is 5.17. The van der Waals surface area contributed by atoms with Gasteiger partial charge in [0.15, 0.2) is 0 Å². The summed E-state index contributed by atoms with van der Waals surface area (Å²) in [4.78, 5) is 14.9. The number of hydrogen-bond acceptors (Lipinski definition) is 2. The molecule has 0 aromatic carbocycles. The molecule has 35 heavy (non-hydrogen) atoms. The van der Waals surface area contributed by atoms with Crippen LogP contribution >= 0.6 is 0 Å². The average Bonchev–Trinajstić information content (AvgIpc) is 3.27. The Morgan fingerprint density at radius 3 is 1.51 bits per heavy atom. The van der Waals surface area contributed by atoms with Crippen LogP contribution in [0.1, 0.15) is 83.1 Å². The summed E-state index contributed by atoms with van der Waals surface area (Å²) >= 11 is -6.80. The Hall–Kier alpha value is 0.839. The molecule has 2 bridgehead atoms. The number of rotatable bonds is 10. The van der Waals surface area contributed by atoms with Crippen molar-refractivity contribution < 1.29 is 8.56 Å². The first-order valence-electron chi connectivity index (χ1n) is 14.9. The molecule has 0 radical (unpaired) electrons. The molecule has 0 heterocycles. The van der Waals surface area contributed by atoms with Crippen molar-refractivity contribution in [3.8, 4) is 0 Å². The van der Waals surface area contributed by atoms with Crippen LogP contribution in [0.2, 0.25) is 52.5 Å². The number of carbonyl (C=O) groups is 1. The molecule has 4 unspecified atom stereocenters. The van der Waals surface area contributed by atoms with Crippen LogP contribution in [0.15, 0.2) is 12.2 Å². The molecule has 0 aromatic rings. The monoisotopic (exact) mass is 674 g/mol. The summed E-state index contributed by atoms with van der Waals surface area (Å²) in [5, 5.41) is 8.20. The van der Waals surface area contributed by atoms with Gasteiger partial charge < -0.3 is 0 Å². The van der Waals surface area contributed by atoms with E-state index in [1.54, 1.807) is 0 Å². The Morgan fingerprint density at radius 1 is 0.800 bits per heavy atom. The molecule has 2 aliphatic carbocycles. The van der Waals surface area contributed by atoms with Gasteiger partial charge in [-0.05, 0) is 0 Å². The zero-order valence-corrected chi connectivity index (χ0v) is 32.6. The van der Waals surface area contributed by atoms with Gasteiger partial charge in [0.05, 0.1) is 0 Å². The van der Waals surface area contributed by atoms with Gasteiger partial charge in [0, 0.05) is 0 Å². The van der Waals surface area contributed by atoms with Crippen LogP contribution in [0.5, 0.6) is 0 Å². The van der Waals surface area contributed by atoms with Crippen molar-refractivity contribution in [2.45, 2.75) is 136 Å². The Bertz CT molecular complexity index is 750. The van der Waals surface area contributed by atoms with Crippen molar-refractivity contribution in [3.05, 3.63) is 12.2 Å². The van der Waals surface area contributed by atoms with E-state index >= 15 is 0 Å². The Morgan fingerprint density at radius 2 is 1.20 bits per heavy atom. The maximum atomic E-state index is 14.9. The van der Waals surface area contributed by atoms with E-state index in [2.05, 4.69) is 107 Å². The summed E-state index contributed by atoms with van der Waals surface area (Å²) in [7, 11) is 0. The SMILES string of the molecule is C[CH2][Ge]([CH2]C)([CH2]C)[CH]1C2C=CC(C(=O)[O][GeH]([CH3])[CH3])([CH]1[Ge]([CH2]C)([CH2]C)[CH2]C)C2(C(C)(C)C)C(C)(C)C. The zero-order chi connectivity index (χ0) is 27.3. The quantitative estimate of drug-likeness (QED) is 0.171. The molecule has 0 aliphatic heterocycles. The van der Waals surface area contributed by atoms with E-state index in [0.717, 1.165) is 4.75 Å². The minimum atomic E-state index is -2.46. The van der Waals surface area contributed by atoms with Crippen LogP contribution in [0.3, 0.4) is 0 Å². The molecule has 2 rings (SSSR count). The first kappa shape index (κ1) is 32.1. The van der Waals surface area contributed by atoms with Gasteiger partial charge >= 0.3 is 231 Å². The van der Waals surface area contributed by atoms with E-state index in [-0.39, 0.29) is 22.2 Å². The summed E-state index contributed by atoms with van der Waals surface area (Å²) in [5.41, 5.74) is -0.557. The van der Waals surface area contributed by atoms with Crippen molar-refractivity contribution >= 4 is 47.2 Å².